The smallest absolute Gasteiger partial charge is 0.302 e. The van der Waals surface area contributed by atoms with Gasteiger partial charge in [0.2, 0.25) is 0 Å². The van der Waals surface area contributed by atoms with E-state index in [4.69, 9.17) is 9.84 Å². The van der Waals surface area contributed by atoms with E-state index in [-0.39, 0.29) is 34.6 Å². The van der Waals surface area contributed by atoms with E-state index in [0.717, 1.165) is 51.2 Å². The van der Waals surface area contributed by atoms with Crippen molar-refractivity contribution < 1.29 is 19.4 Å². The van der Waals surface area contributed by atoms with Crippen LogP contribution in [0.2, 0.25) is 0 Å². The summed E-state index contributed by atoms with van der Waals surface area (Å²) in [6, 6.07) is 0. The maximum absolute atomic E-state index is 12.6. The molecule has 0 heterocycles. The Hall–Kier alpha value is -1.58. The third-order valence-electron chi connectivity index (χ3n) is 8.97. The Morgan fingerprint density at radius 2 is 1.93 bits per heavy atom. The third-order valence-corrected chi connectivity index (χ3v) is 8.97. The highest BCUT2D eigenvalue weighted by atomic mass is 16.5. The molecule has 0 saturated heterocycles. The maximum atomic E-state index is 12.6. The summed E-state index contributed by atoms with van der Waals surface area (Å²) in [7, 11) is 0. The predicted molar refractivity (Wildman–Crippen MR) is 108 cm³/mol. The number of fused-ring (bicyclic) bond motifs is 5. The van der Waals surface area contributed by atoms with Crippen LogP contribution in [-0.2, 0) is 14.3 Å². The van der Waals surface area contributed by atoms with Gasteiger partial charge in [-0.1, -0.05) is 25.5 Å². The fraction of sp³-hybridized carbons (Fsp3) is 0.750. The number of carbonyl (C=O) groups is 2. The molecule has 0 unspecified atom stereocenters. The number of aliphatic hydroxyl groups is 1. The van der Waals surface area contributed by atoms with Crippen molar-refractivity contribution in [1.82, 2.24) is 0 Å². The van der Waals surface area contributed by atoms with Gasteiger partial charge in [0.25, 0.3) is 0 Å². The van der Waals surface area contributed by atoms with E-state index in [0.29, 0.717) is 17.8 Å². The number of aliphatic hydroxyl groups excluding tert-OH is 1. The zero-order chi connectivity index (χ0) is 20.1. The second-order valence-electron chi connectivity index (χ2n) is 10.1. The Bertz CT molecular complexity index is 722. The molecule has 0 spiro atoms. The normalized spacial score (nSPS) is 45.0. The molecule has 0 aromatic carbocycles. The van der Waals surface area contributed by atoms with Gasteiger partial charge < -0.3 is 9.84 Å². The number of hydrogen-bond donors (Lipinski definition) is 1. The summed E-state index contributed by atoms with van der Waals surface area (Å²) in [5, 5.41) is 9.06. The number of allylic oxidation sites excluding steroid dienone is 2. The number of esters is 1. The van der Waals surface area contributed by atoms with Gasteiger partial charge in [-0.2, -0.15) is 0 Å². The Balaban J connectivity index is 1.57. The van der Waals surface area contributed by atoms with E-state index in [1.54, 1.807) is 0 Å². The monoisotopic (exact) mass is 386 g/mol. The van der Waals surface area contributed by atoms with Gasteiger partial charge in [-0.3, -0.25) is 9.59 Å². The molecule has 4 aliphatic carbocycles. The molecule has 28 heavy (non-hydrogen) atoms. The second-order valence-corrected chi connectivity index (χ2v) is 10.1. The SMILES string of the molecule is CC(=O)O[C@@H]1CC[C@@]2(C)C(=CC[C@H]3[C@@H]4CC[C@H](C(=O)/C=C/O)[C@@]4(C)CC[C@@H]32)C1. The molecular weight excluding hydrogens is 352 g/mol. The molecule has 0 amide bonds. The lowest BCUT2D eigenvalue weighted by Crippen LogP contribution is -2.51. The first kappa shape index (κ1) is 19.7. The number of rotatable bonds is 3. The number of carbonyl (C=O) groups excluding carboxylic acids is 2. The van der Waals surface area contributed by atoms with Gasteiger partial charge >= 0.3 is 5.97 Å². The molecule has 4 rings (SSSR count). The van der Waals surface area contributed by atoms with Gasteiger partial charge in [0, 0.05) is 25.3 Å². The maximum Gasteiger partial charge on any atom is 0.302 e. The van der Waals surface area contributed by atoms with Crippen LogP contribution in [0.5, 0.6) is 0 Å². The van der Waals surface area contributed by atoms with Crippen LogP contribution in [0.15, 0.2) is 24.0 Å². The Morgan fingerprint density at radius 1 is 1.14 bits per heavy atom. The van der Waals surface area contributed by atoms with Crippen LogP contribution in [0.3, 0.4) is 0 Å². The van der Waals surface area contributed by atoms with Gasteiger partial charge in [0.15, 0.2) is 5.78 Å². The van der Waals surface area contributed by atoms with Crippen molar-refractivity contribution in [3.8, 4) is 0 Å². The highest BCUT2D eigenvalue weighted by Gasteiger charge is 2.59. The molecule has 4 nitrogen and oxygen atoms in total. The largest absolute Gasteiger partial charge is 0.515 e. The summed E-state index contributed by atoms with van der Waals surface area (Å²) in [5.74, 6) is 1.90. The topological polar surface area (TPSA) is 63.6 Å². The lowest BCUT2D eigenvalue weighted by Gasteiger charge is -2.58. The van der Waals surface area contributed by atoms with Crippen LogP contribution in [0.4, 0.5) is 0 Å². The standard InChI is InChI=1S/C24H34O4/c1-15(26)28-17-8-11-23(2)16(14-17)4-5-18-19-6-7-21(22(27)10-13-25)24(19,3)12-9-20(18)23/h4,10,13,17-21,25H,5-9,11-12,14H2,1-3H3/b13-10+/t17-,18+,19+,20+,21-,23+,24+/m1/s1. The fourth-order valence-electron chi connectivity index (χ4n) is 7.62. The van der Waals surface area contributed by atoms with Gasteiger partial charge in [0.05, 0.1) is 6.26 Å². The van der Waals surface area contributed by atoms with E-state index >= 15 is 0 Å². The summed E-state index contributed by atoms with van der Waals surface area (Å²) in [5.41, 5.74) is 1.78. The van der Waals surface area contributed by atoms with Crippen molar-refractivity contribution in [3.05, 3.63) is 24.0 Å². The van der Waals surface area contributed by atoms with E-state index in [2.05, 4.69) is 19.9 Å². The molecule has 3 fully saturated rings. The Labute approximate surface area is 168 Å². The second kappa shape index (κ2) is 7.03. The molecule has 0 aliphatic heterocycles. The fourth-order valence-corrected chi connectivity index (χ4v) is 7.62. The van der Waals surface area contributed by atoms with E-state index < -0.39 is 0 Å². The van der Waals surface area contributed by atoms with Crippen molar-refractivity contribution in [3.63, 3.8) is 0 Å². The van der Waals surface area contributed by atoms with E-state index in [1.807, 2.05) is 0 Å². The number of ketones is 1. The minimum atomic E-state index is -0.171. The quantitative estimate of drug-likeness (QED) is 0.316. The molecule has 0 aromatic rings. The van der Waals surface area contributed by atoms with E-state index in [1.165, 1.54) is 25.0 Å². The molecule has 1 N–H and O–H groups in total. The van der Waals surface area contributed by atoms with Crippen LogP contribution in [0.1, 0.15) is 72.1 Å². The van der Waals surface area contributed by atoms with Gasteiger partial charge in [-0.05, 0) is 73.5 Å². The van der Waals surface area contributed by atoms with Gasteiger partial charge in [-0.25, -0.2) is 0 Å². The summed E-state index contributed by atoms with van der Waals surface area (Å²) >= 11 is 0. The van der Waals surface area contributed by atoms with Gasteiger partial charge in [-0.15, -0.1) is 0 Å². The zero-order valence-electron chi connectivity index (χ0n) is 17.4. The van der Waals surface area contributed by atoms with Crippen molar-refractivity contribution in [2.24, 2.45) is 34.5 Å². The Morgan fingerprint density at radius 3 is 2.64 bits per heavy atom. The van der Waals surface area contributed by atoms with Crippen LogP contribution in [0.25, 0.3) is 0 Å². The Kier molecular flexibility index (Phi) is 4.96. The van der Waals surface area contributed by atoms with Crippen molar-refractivity contribution in [2.45, 2.75) is 78.2 Å². The highest BCUT2D eigenvalue weighted by molar-refractivity contribution is 5.92. The average Bonchev–Trinajstić information content (AvgIpc) is 2.99. The van der Waals surface area contributed by atoms with Crippen LogP contribution < -0.4 is 0 Å². The number of ether oxygens (including phenoxy) is 1. The molecule has 3 saturated carbocycles. The minimum Gasteiger partial charge on any atom is -0.515 e. The molecule has 0 bridgehead atoms. The molecule has 0 aromatic heterocycles. The zero-order valence-corrected chi connectivity index (χ0v) is 17.4. The van der Waals surface area contributed by atoms with Gasteiger partial charge in [0.1, 0.15) is 6.10 Å². The van der Waals surface area contributed by atoms with Crippen LogP contribution in [-0.4, -0.2) is 23.0 Å². The lowest BCUT2D eigenvalue weighted by atomic mass is 9.47. The highest BCUT2D eigenvalue weighted by Crippen LogP contribution is 2.66. The molecule has 0 radical (unpaired) electrons. The van der Waals surface area contributed by atoms with Crippen LogP contribution in [0, 0.1) is 34.5 Å². The summed E-state index contributed by atoms with van der Waals surface area (Å²) in [6.07, 6.45) is 13.2. The first-order valence-corrected chi connectivity index (χ1v) is 11.0. The van der Waals surface area contributed by atoms with Crippen molar-refractivity contribution in [1.29, 1.82) is 0 Å². The van der Waals surface area contributed by atoms with E-state index in [9.17, 15) is 9.59 Å². The van der Waals surface area contributed by atoms with Crippen molar-refractivity contribution >= 4 is 11.8 Å². The van der Waals surface area contributed by atoms with Crippen molar-refractivity contribution in [2.75, 3.05) is 0 Å². The summed E-state index contributed by atoms with van der Waals surface area (Å²) in [6.45, 7) is 6.27. The molecule has 7 atom stereocenters. The molecule has 4 heteroatoms. The first-order chi connectivity index (χ1) is 13.3. The minimum absolute atomic E-state index is 0.0426. The predicted octanol–water partition coefficient (Wildman–Crippen LogP) is 5.14. The first-order valence-electron chi connectivity index (χ1n) is 11.0. The third kappa shape index (κ3) is 2.95. The van der Waals surface area contributed by atoms with Crippen LogP contribution >= 0.6 is 0 Å². The number of hydrogen-bond acceptors (Lipinski definition) is 4. The summed E-state index contributed by atoms with van der Waals surface area (Å²) in [4.78, 5) is 24.0. The molecule has 4 aliphatic rings. The molecular formula is C24H34O4. The average molecular weight is 387 g/mol. The summed E-state index contributed by atoms with van der Waals surface area (Å²) < 4.78 is 5.53. The molecule has 154 valence electrons. The lowest BCUT2D eigenvalue weighted by molar-refractivity contribution is -0.149.